The molecule has 0 amide bonds. The fourth-order valence-electron chi connectivity index (χ4n) is 2.15. The number of methoxy groups -OCH3 is 1. The molecule has 0 fully saturated rings. The van der Waals surface area contributed by atoms with E-state index in [0.717, 1.165) is 0 Å². The van der Waals surface area contributed by atoms with E-state index in [2.05, 4.69) is 9.82 Å². The summed E-state index contributed by atoms with van der Waals surface area (Å²) in [6, 6.07) is 4.71. The molecular weight excluding hydrogens is 292 g/mol. The Morgan fingerprint density at radius 2 is 2.00 bits per heavy atom. The van der Waals surface area contributed by atoms with Crippen molar-refractivity contribution in [3.05, 3.63) is 29.6 Å². The molecule has 1 aromatic heterocycles. The van der Waals surface area contributed by atoms with Crippen molar-refractivity contribution in [3.63, 3.8) is 0 Å². The van der Waals surface area contributed by atoms with E-state index in [-0.39, 0.29) is 4.90 Å². The molecule has 0 aliphatic heterocycles. The van der Waals surface area contributed by atoms with Crippen molar-refractivity contribution in [2.24, 2.45) is 7.05 Å². The second-order valence-electron chi connectivity index (χ2n) is 4.69. The van der Waals surface area contributed by atoms with Gasteiger partial charge in [0.1, 0.15) is 10.6 Å². The maximum atomic E-state index is 12.5. The zero-order valence-electron chi connectivity index (χ0n) is 12.3. The second-order valence-corrected chi connectivity index (χ2v) is 6.31. The zero-order valence-corrected chi connectivity index (χ0v) is 13.2. The number of nitrogens with two attached hydrogens (primary N) is 1. The van der Waals surface area contributed by atoms with Crippen molar-refractivity contribution in [1.82, 2.24) is 9.78 Å². The summed E-state index contributed by atoms with van der Waals surface area (Å²) in [4.78, 5) is 0.180. The average molecular weight is 310 g/mol. The topological polar surface area (TPSA) is 99.2 Å². The predicted molar refractivity (Wildman–Crippen MR) is 80.9 cm³/mol. The molecule has 8 heteroatoms. The number of aromatic nitrogens is 2. The first-order chi connectivity index (χ1) is 9.76. The molecule has 0 radical (unpaired) electrons. The van der Waals surface area contributed by atoms with Gasteiger partial charge in [-0.25, -0.2) is 8.42 Å². The maximum absolute atomic E-state index is 12.5. The first-order valence-electron chi connectivity index (χ1n) is 6.23. The summed E-state index contributed by atoms with van der Waals surface area (Å²) in [6.45, 7) is 3.36. The number of nitrogen functional groups attached to an aromatic ring is 1. The van der Waals surface area contributed by atoms with Crippen LogP contribution in [0.5, 0.6) is 5.75 Å². The summed E-state index contributed by atoms with van der Waals surface area (Å²) in [7, 11) is -0.521. The van der Waals surface area contributed by atoms with E-state index in [1.807, 2.05) is 0 Å². The van der Waals surface area contributed by atoms with Gasteiger partial charge in [-0.1, -0.05) is 0 Å². The molecule has 0 unspecified atom stereocenters. The van der Waals surface area contributed by atoms with Crippen molar-refractivity contribution in [2.45, 2.75) is 18.7 Å². The fourth-order valence-corrected chi connectivity index (χ4v) is 3.64. The van der Waals surface area contributed by atoms with Crippen molar-refractivity contribution < 1.29 is 13.2 Å². The van der Waals surface area contributed by atoms with Gasteiger partial charge in [-0.3, -0.25) is 9.40 Å². The number of nitrogens with zero attached hydrogens (tertiary/aromatic N) is 2. The molecule has 114 valence electrons. The molecule has 0 bridgehead atoms. The Labute approximate surface area is 123 Å². The smallest absolute Gasteiger partial charge is 0.265 e. The number of anilines is 2. The molecular formula is C13H18N4O3S. The molecule has 0 atom stereocenters. The van der Waals surface area contributed by atoms with Gasteiger partial charge in [-0.2, -0.15) is 5.10 Å². The highest BCUT2D eigenvalue weighted by atomic mass is 32.2. The lowest BCUT2D eigenvalue weighted by Crippen LogP contribution is -2.15. The summed E-state index contributed by atoms with van der Waals surface area (Å²) >= 11 is 0. The van der Waals surface area contributed by atoms with Gasteiger partial charge in [-0.15, -0.1) is 0 Å². The van der Waals surface area contributed by atoms with Crippen LogP contribution in [0.4, 0.5) is 11.4 Å². The zero-order chi connectivity index (χ0) is 15.8. The first-order valence-corrected chi connectivity index (χ1v) is 7.71. The van der Waals surface area contributed by atoms with Crippen LogP contribution in [0.3, 0.4) is 0 Å². The molecule has 2 rings (SSSR count). The lowest BCUT2D eigenvalue weighted by Gasteiger charge is -2.10. The lowest BCUT2D eigenvalue weighted by atomic mass is 10.2. The number of nitrogens with one attached hydrogen (secondary N) is 1. The van der Waals surface area contributed by atoms with Crippen LogP contribution in [0, 0.1) is 13.8 Å². The van der Waals surface area contributed by atoms with Crippen LogP contribution in [0.25, 0.3) is 0 Å². The molecule has 1 heterocycles. The van der Waals surface area contributed by atoms with Gasteiger partial charge >= 0.3 is 0 Å². The molecule has 7 nitrogen and oxygen atoms in total. The number of hydrogen-bond acceptors (Lipinski definition) is 5. The summed E-state index contributed by atoms with van der Waals surface area (Å²) in [5.74, 6) is 0.492. The number of aryl methyl sites for hydroxylation is 2. The highest BCUT2D eigenvalue weighted by Gasteiger charge is 2.24. The SMILES string of the molecule is COc1ccc(NS(=O)(=O)c2c(C)nn(C)c2C)cc1N. The van der Waals surface area contributed by atoms with Crippen LogP contribution in [0.15, 0.2) is 23.1 Å². The standard InChI is InChI=1S/C13H18N4O3S/c1-8-13(9(2)17(3)15-8)21(18,19)16-10-5-6-12(20-4)11(14)7-10/h5-7,16H,14H2,1-4H3. The Balaban J connectivity index is 2.40. The van der Waals surface area contributed by atoms with Gasteiger partial charge < -0.3 is 10.5 Å². The molecule has 1 aromatic carbocycles. The number of ether oxygens (including phenoxy) is 1. The van der Waals surface area contributed by atoms with Gasteiger partial charge in [-0.05, 0) is 32.0 Å². The molecule has 0 saturated heterocycles. The van der Waals surface area contributed by atoms with Gasteiger partial charge in [0, 0.05) is 7.05 Å². The van der Waals surface area contributed by atoms with Crippen LogP contribution >= 0.6 is 0 Å². The van der Waals surface area contributed by atoms with Crippen LogP contribution in [-0.4, -0.2) is 25.3 Å². The summed E-state index contributed by atoms with van der Waals surface area (Å²) < 4.78 is 34.1. The third kappa shape index (κ3) is 2.80. The van der Waals surface area contributed by atoms with E-state index in [9.17, 15) is 8.42 Å². The quantitative estimate of drug-likeness (QED) is 0.832. The Bertz CT molecular complexity index is 781. The van der Waals surface area contributed by atoms with E-state index in [0.29, 0.717) is 28.5 Å². The minimum atomic E-state index is -3.72. The number of rotatable bonds is 4. The third-order valence-electron chi connectivity index (χ3n) is 3.19. The first kappa shape index (κ1) is 15.2. The Hall–Kier alpha value is -2.22. The van der Waals surface area contributed by atoms with Gasteiger partial charge in [0.15, 0.2) is 0 Å². The molecule has 0 aliphatic rings. The Morgan fingerprint density at radius 1 is 1.33 bits per heavy atom. The molecule has 3 N–H and O–H groups in total. The summed E-state index contributed by atoms with van der Waals surface area (Å²) in [5, 5.41) is 4.12. The molecule has 0 aliphatic carbocycles. The average Bonchev–Trinajstić information content (AvgIpc) is 2.63. The van der Waals surface area contributed by atoms with E-state index >= 15 is 0 Å². The number of benzene rings is 1. The predicted octanol–water partition coefficient (Wildman–Crippen LogP) is 1.43. The summed E-state index contributed by atoms with van der Waals surface area (Å²) in [6.07, 6.45) is 0. The van der Waals surface area contributed by atoms with Crippen molar-refractivity contribution >= 4 is 21.4 Å². The second kappa shape index (κ2) is 5.28. The minimum absolute atomic E-state index is 0.180. The van der Waals surface area contributed by atoms with Gasteiger partial charge in [0.25, 0.3) is 10.0 Å². The highest BCUT2D eigenvalue weighted by molar-refractivity contribution is 7.92. The fraction of sp³-hybridized carbons (Fsp3) is 0.308. The number of hydrogen-bond donors (Lipinski definition) is 2. The van der Waals surface area contributed by atoms with E-state index in [1.54, 1.807) is 33.0 Å². The van der Waals surface area contributed by atoms with Crippen LogP contribution < -0.4 is 15.2 Å². The van der Waals surface area contributed by atoms with E-state index < -0.39 is 10.0 Å². The van der Waals surface area contributed by atoms with Crippen molar-refractivity contribution in [3.8, 4) is 5.75 Å². The van der Waals surface area contributed by atoms with Crippen LogP contribution in [0.2, 0.25) is 0 Å². The van der Waals surface area contributed by atoms with Gasteiger partial charge in [0.2, 0.25) is 0 Å². The van der Waals surface area contributed by atoms with Crippen LogP contribution in [0.1, 0.15) is 11.4 Å². The summed E-state index contributed by atoms with van der Waals surface area (Å²) in [5.41, 5.74) is 7.53. The third-order valence-corrected chi connectivity index (χ3v) is 4.83. The van der Waals surface area contributed by atoms with E-state index in [4.69, 9.17) is 10.5 Å². The maximum Gasteiger partial charge on any atom is 0.265 e. The molecule has 0 spiro atoms. The van der Waals surface area contributed by atoms with Gasteiger partial charge in [0.05, 0.1) is 29.9 Å². The monoisotopic (exact) mass is 310 g/mol. The largest absolute Gasteiger partial charge is 0.495 e. The number of sulfonamides is 1. The van der Waals surface area contributed by atoms with Crippen LogP contribution in [-0.2, 0) is 17.1 Å². The molecule has 2 aromatic rings. The highest BCUT2D eigenvalue weighted by Crippen LogP contribution is 2.27. The Morgan fingerprint density at radius 3 is 2.48 bits per heavy atom. The van der Waals surface area contributed by atoms with E-state index in [1.165, 1.54) is 17.9 Å². The normalized spacial score (nSPS) is 11.4. The van der Waals surface area contributed by atoms with Crippen molar-refractivity contribution in [2.75, 3.05) is 17.6 Å². The molecule has 21 heavy (non-hydrogen) atoms. The lowest BCUT2D eigenvalue weighted by molar-refractivity contribution is 0.417. The minimum Gasteiger partial charge on any atom is -0.495 e. The molecule has 0 saturated carbocycles. The Kier molecular flexibility index (Phi) is 3.82. The van der Waals surface area contributed by atoms with Crippen molar-refractivity contribution in [1.29, 1.82) is 0 Å².